The number of carbonyl (C=O) groups excluding carboxylic acids is 1. The van der Waals surface area contributed by atoms with Gasteiger partial charge in [0.05, 0.1) is 6.42 Å². The van der Waals surface area contributed by atoms with Crippen LogP contribution in [-0.2, 0) is 4.79 Å². The third kappa shape index (κ3) is 3.42. The van der Waals surface area contributed by atoms with E-state index in [2.05, 4.69) is 4.90 Å². The lowest BCUT2D eigenvalue weighted by Crippen LogP contribution is -2.56. The minimum Gasteiger partial charge on any atom is -0.481 e. The lowest BCUT2D eigenvalue weighted by atomic mass is 10.1. The van der Waals surface area contributed by atoms with Gasteiger partial charge in [0.15, 0.2) is 0 Å². The van der Waals surface area contributed by atoms with Crippen molar-refractivity contribution >= 4 is 12.0 Å². The average molecular weight is 283 g/mol. The van der Waals surface area contributed by atoms with E-state index in [1.165, 1.54) is 12.8 Å². The summed E-state index contributed by atoms with van der Waals surface area (Å²) >= 11 is 0. The number of rotatable bonds is 4. The number of urea groups is 1. The van der Waals surface area contributed by atoms with E-state index >= 15 is 0 Å². The van der Waals surface area contributed by atoms with Crippen LogP contribution in [-0.4, -0.2) is 76.6 Å². The standard InChI is InChI=1S/C14H25N3O3/c1-11(2)17(7-5-13(18)19)14(20)16-9-8-15-6-3-4-12(15)10-16/h11-12H,3-10H2,1-2H3,(H,18,19). The molecule has 0 saturated carbocycles. The number of aliphatic carboxylic acids is 1. The molecule has 20 heavy (non-hydrogen) atoms. The third-order valence-electron chi connectivity index (χ3n) is 4.29. The van der Waals surface area contributed by atoms with Crippen LogP contribution < -0.4 is 0 Å². The maximum Gasteiger partial charge on any atom is 0.320 e. The number of carboxylic acids is 1. The van der Waals surface area contributed by atoms with Crippen molar-refractivity contribution in [3.8, 4) is 0 Å². The monoisotopic (exact) mass is 283 g/mol. The molecule has 0 spiro atoms. The first kappa shape index (κ1) is 15.1. The Morgan fingerprint density at radius 3 is 2.70 bits per heavy atom. The number of piperazine rings is 1. The van der Waals surface area contributed by atoms with Gasteiger partial charge >= 0.3 is 12.0 Å². The first-order valence-electron chi connectivity index (χ1n) is 7.50. The quantitative estimate of drug-likeness (QED) is 0.838. The molecule has 1 N–H and O–H groups in total. The highest BCUT2D eigenvalue weighted by atomic mass is 16.4. The first-order chi connectivity index (χ1) is 9.49. The van der Waals surface area contributed by atoms with Crippen molar-refractivity contribution in [1.29, 1.82) is 0 Å². The highest BCUT2D eigenvalue weighted by Gasteiger charge is 2.34. The summed E-state index contributed by atoms with van der Waals surface area (Å²) in [5.41, 5.74) is 0. The topological polar surface area (TPSA) is 64.1 Å². The fourth-order valence-electron chi connectivity index (χ4n) is 3.14. The largest absolute Gasteiger partial charge is 0.481 e. The van der Waals surface area contributed by atoms with Crippen molar-refractivity contribution in [2.45, 2.75) is 45.2 Å². The molecule has 2 amide bonds. The van der Waals surface area contributed by atoms with Gasteiger partial charge in [0, 0.05) is 38.3 Å². The van der Waals surface area contributed by atoms with Crippen LogP contribution in [0.5, 0.6) is 0 Å². The Kier molecular flexibility index (Phi) is 4.86. The smallest absolute Gasteiger partial charge is 0.320 e. The average Bonchev–Trinajstić information content (AvgIpc) is 2.84. The van der Waals surface area contributed by atoms with Gasteiger partial charge < -0.3 is 14.9 Å². The normalized spacial score (nSPS) is 22.9. The van der Waals surface area contributed by atoms with Crippen molar-refractivity contribution in [2.75, 3.05) is 32.7 Å². The summed E-state index contributed by atoms with van der Waals surface area (Å²) in [7, 11) is 0. The molecule has 2 aliphatic heterocycles. The fraction of sp³-hybridized carbons (Fsp3) is 0.857. The molecule has 6 nitrogen and oxygen atoms in total. The van der Waals surface area contributed by atoms with Crippen molar-refractivity contribution in [3.63, 3.8) is 0 Å². The van der Waals surface area contributed by atoms with E-state index in [-0.39, 0.29) is 25.0 Å². The molecular formula is C14H25N3O3. The lowest BCUT2D eigenvalue weighted by molar-refractivity contribution is -0.137. The molecule has 2 heterocycles. The first-order valence-corrected chi connectivity index (χ1v) is 7.50. The summed E-state index contributed by atoms with van der Waals surface area (Å²) in [4.78, 5) is 29.3. The Morgan fingerprint density at radius 1 is 1.30 bits per heavy atom. The van der Waals surface area contributed by atoms with E-state index in [0.717, 1.165) is 26.2 Å². The summed E-state index contributed by atoms with van der Waals surface area (Å²) in [5, 5.41) is 8.80. The van der Waals surface area contributed by atoms with Gasteiger partial charge in [0.1, 0.15) is 0 Å². The minimum atomic E-state index is -0.857. The molecule has 0 aromatic heterocycles. The van der Waals surface area contributed by atoms with E-state index < -0.39 is 5.97 Å². The molecule has 2 aliphatic rings. The fourth-order valence-corrected chi connectivity index (χ4v) is 3.14. The van der Waals surface area contributed by atoms with Crippen molar-refractivity contribution < 1.29 is 14.7 Å². The van der Waals surface area contributed by atoms with Crippen LogP contribution in [0.2, 0.25) is 0 Å². The second-order valence-corrected chi connectivity index (χ2v) is 5.99. The third-order valence-corrected chi connectivity index (χ3v) is 4.29. The number of hydrogen-bond donors (Lipinski definition) is 1. The highest BCUT2D eigenvalue weighted by Crippen LogP contribution is 2.22. The predicted molar refractivity (Wildman–Crippen MR) is 75.7 cm³/mol. The van der Waals surface area contributed by atoms with Gasteiger partial charge in [-0.2, -0.15) is 0 Å². The van der Waals surface area contributed by atoms with Crippen LogP contribution in [0.25, 0.3) is 0 Å². The maximum absolute atomic E-state index is 12.6. The second kappa shape index (κ2) is 6.43. The molecule has 0 aromatic carbocycles. The van der Waals surface area contributed by atoms with Gasteiger partial charge in [0.25, 0.3) is 0 Å². The summed E-state index contributed by atoms with van der Waals surface area (Å²) in [5.74, 6) is -0.857. The van der Waals surface area contributed by atoms with Gasteiger partial charge in [-0.25, -0.2) is 4.79 Å². The molecular weight excluding hydrogens is 258 g/mol. The molecule has 6 heteroatoms. The predicted octanol–water partition coefficient (Wildman–Crippen LogP) is 1.07. The van der Waals surface area contributed by atoms with Crippen molar-refractivity contribution in [3.05, 3.63) is 0 Å². The van der Waals surface area contributed by atoms with E-state index in [1.54, 1.807) is 4.90 Å². The van der Waals surface area contributed by atoms with Gasteiger partial charge in [-0.3, -0.25) is 9.69 Å². The maximum atomic E-state index is 12.6. The number of hydrogen-bond acceptors (Lipinski definition) is 3. The minimum absolute atomic E-state index is 0.00667. The molecule has 2 saturated heterocycles. The van der Waals surface area contributed by atoms with Crippen LogP contribution in [0.1, 0.15) is 33.1 Å². The second-order valence-electron chi connectivity index (χ2n) is 5.99. The van der Waals surface area contributed by atoms with E-state index in [9.17, 15) is 9.59 Å². The van der Waals surface area contributed by atoms with Crippen LogP contribution in [0.4, 0.5) is 4.79 Å². The molecule has 0 bridgehead atoms. The summed E-state index contributed by atoms with van der Waals surface area (Å²) in [6.07, 6.45) is 2.40. The van der Waals surface area contributed by atoms with Crippen LogP contribution in [0, 0.1) is 0 Å². The number of carbonyl (C=O) groups is 2. The highest BCUT2D eigenvalue weighted by molar-refractivity contribution is 5.76. The Labute approximate surface area is 120 Å². The van der Waals surface area contributed by atoms with Crippen molar-refractivity contribution in [1.82, 2.24) is 14.7 Å². The SMILES string of the molecule is CC(C)N(CCC(=O)O)C(=O)N1CCN2CCCC2C1. The summed E-state index contributed by atoms with van der Waals surface area (Å²) < 4.78 is 0. The zero-order valence-corrected chi connectivity index (χ0v) is 12.4. The van der Waals surface area contributed by atoms with E-state index in [4.69, 9.17) is 5.11 Å². The number of carboxylic acid groups (broad SMARTS) is 1. The molecule has 2 fully saturated rings. The summed E-state index contributed by atoms with van der Waals surface area (Å²) in [6.45, 7) is 7.80. The van der Waals surface area contributed by atoms with E-state index in [0.29, 0.717) is 6.04 Å². The van der Waals surface area contributed by atoms with Gasteiger partial charge in [-0.05, 0) is 33.2 Å². The molecule has 0 aromatic rings. The number of nitrogens with zero attached hydrogens (tertiary/aromatic N) is 3. The van der Waals surface area contributed by atoms with Gasteiger partial charge in [0.2, 0.25) is 0 Å². The summed E-state index contributed by atoms with van der Waals surface area (Å²) in [6, 6.07) is 0.525. The van der Waals surface area contributed by atoms with Gasteiger partial charge in [-0.1, -0.05) is 0 Å². The van der Waals surface area contributed by atoms with Crippen LogP contribution in [0.3, 0.4) is 0 Å². The van der Waals surface area contributed by atoms with Crippen LogP contribution in [0.15, 0.2) is 0 Å². The van der Waals surface area contributed by atoms with Crippen molar-refractivity contribution in [2.24, 2.45) is 0 Å². The Bertz CT molecular complexity index is 373. The molecule has 2 rings (SSSR count). The van der Waals surface area contributed by atoms with Crippen LogP contribution >= 0.6 is 0 Å². The Morgan fingerprint density at radius 2 is 2.05 bits per heavy atom. The molecule has 1 atom stereocenters. The molecule has 0 aliphatic carbocycles. The van der Waals surface area contributed by atoms with Gasteiger partial charge in [-0.15, -0.1) is 0 Å². The zero-order valence-electron chi connectivity index (χ0n) is 12.4. The molecule has 114 valence electrons. The zero-order chi connectivity index (χ0) is 14.7. The molecule has 1 unspecified atom stereocenters. The number of amides is 2. The molecule has 0 radical (unpaired) electrons. The Balaban J connectivity index is 1.94. The lowest BCUT2D eigenvalue weighted by Gasteiger charge is -2.40. The number of fused-ring (bicyclic) bond motifs is 1. The Hall–Kier alpha value is -1.30. The van der Waals surface area contributed by atoms with E-state index in [1.807, 2.05) is 18.7 Å².